The third-order valence-electron chi connectivity index (χ3n) is 5.81. The summed E-state index contributed by atoms with van der Waals surface area (Å²) < 4.78 is 35.4. The molecule has 3 N–H and O–H groups in total. The van der Waals surface area contributed by atoms with E-state index in [0.29, 0.717) is 49.3 Å². The lowest BCUT2D eigenvalue weighted by molar-refractivity contribution is -0.129. The Kier molecular flexibility index (Phi) is 5.71. The molecular formula is C23H24F2N8O2. The fraction of sp³-hybridized carbons (Fsp3) is 0.304. The number of benzene rings is 1. The van der Waals surface area contributed by atoms with Gasteiger partial charge < -0.3 is 24.8 Å². The van der Waals surface area contributed by atoms with Crippen molar-refractivity contribution in [2.45, 2.75) is 20.8 Å². The number of carbonyl (C=O) groups is 1. The number of piperazine rings is 1. The Balaban J connectivity index is 1.49. The van der Waals surface area contributed by atoms with E-state index in [2.05, 4.69) is 30.5 Å². The van der Waals surface area contributed by atoms with Crippen LogP contribution in [0, 0.1) is 25.5 Å². The van der Waals surface area contributed by atoms with E-state index in [1.54, 1.807) is 24.0 Å². The Morgan fingerprint density at radius 2 is 1.80 bits per heavy atom. The average Bonchev–Trinajstić information content (AvgIpc) is 3.42. The number of anilines is 3. The predicted molar refractivity (Wildman–Crippen MR) is 126 cm³/mol. The van der Waals surface area contributed by atoms with E-state index in [1.807, 2.05) is 11.8 Å². The molecule has 4 heterocycles. The van der Waals surface area contributed by atoms with Crippen LogP contribution in [0.4, 0.5) is 26.2 Å². The molecule has 1 amide bonds. The zero-order valence-electron chi connectivity index (χ0n) is 19.4. The summed E-state index contributed by atoms with van der Waals surface area (Å²) in [4.78, 5) is 27.0. The number of nitrogens with one attached hydrogen (secondary N) is 3. The smallest absolute Gasteiger partial charge is 0.326 e. The summed E-state index contributed by atoms with van der Waals surface area (Å²) in [6.45, 7) is 7.30. The summed E-state index contributed by atoms with van der Waals surface area (Å²) in [5.74, 6) is -0.258. The predicted octanol–water partition coefficient (Wildman–Crippen LogP) is 3.78. The van der Waals surface area contributed by atoms with Crippen molar-refractivity contribution in [1.82, 2.24) is 30.0 Å². The van der Waals surface area contributed by atoms with Gasteiger partial charge in [-0.15, -0.1) is 0 Å². The van der Waals surface area contributed by atoms with E-state index >= 15 is 4.39 Å². The van der Waals surface area contributed by atoms with E-state index in [0.717, 1.165) is 11.8 Å². The molecular weight excluding hydrogens is 458 g/mol. The number of fused-ring (bicyclic) bond motifs is 1. The van der Waals surface area contributed by atoms with Crippen molar-refractivity contribution in [3.8, 4) is 11.8 Å². The van der Waals surface area contributed by atoms with Crippen molar-refractivity contribution < 1.29 is 18.3 Å². The van der Waals surface area contributed by atoms with Gasteiger partial charge in [-0.25, -0.2) is 8.78 Å². The molecule has 4 aromatic rings. The number of hydrogen-bond donors (Lipinski definition) is 3. The van der Waals surface area contributed by atoms with Crippen molar-refractivity contribution in [1.29, 1.82) is 0 Å². The van der Waals surface area contributed by atoms with Gasteiger partial charge in [-0.1, -0.05) is 0 Å². The Hall–Kier alpha value is -4.22. The number of ether oxygens (including phenoxy) is 1. The summed E-state index contributed by atoms with van der Waals surface area (Å²) in [5, 5.41) is 10.2. The molecule has 0 spiro atoms. The minimum atomic E-state index is -0.715. The van der Waals surface area contributed by atoms with Crippen LogP contribution in [0.5, 0.6) is 11.8 Å². The molecule has 1 aromatic carbocycles. The molecule has 5 rings (SSSR count). The highest BCUT2D eigenvalue weighted by Crippen LogP contribution is 2.33. The largest absolute Gasteiger partial charge is 0.421 e. The van der Waals surface area contributed by atoms with Crippen LogP contribution in [0.1, 0.15) is 18.3 Å². The second-order valence-corrected chi connectivity index (χ2v) is 8.46. The molecule has 3 aromatic heterocycles. The number of amides is 1. The van der Waals surface area contributed by atoms with Gasteiger partial charge in [0.05, 0.1) is 5.52 Å². The first kappa shape index (κ1) is 22.6. The zero-order valence-corrected chi connectivity index (χ0v) is 19.4. The first-order chi connectivity index (χ1) is 16.8. The summed E-state index contributed by atoms with van der Waals surface area (Å²) >= 11 is 0. The molecule has 182 valence electrons. The molecule has 1 aliphatic heterocycles. The van der Waals surface area contributed by atoms with Crippen molar-refractivity contribution in [2.24, 2.45) is 0 Å². The lowest BCUT2D eigenvalue weighted by Crippen LogP contribution is -2.48. The fourth-order valence-electron chi connectivity index (χ4n) is 4.05. The van der Waals surface area contributed by atoms with Crippen molar-refractivity contribution >= 4 is 34.3 Å². The van der Waals surface area contributed by atoms with Gasteiger partial charge in [-0.2, -0.15) is 15.1 Å². The topological polar surface area (TPSA) is 115 Å². The highest BCUT2D eigenvalue weighted by molar-refractivity contribution is 5.83. The molecule has 10 nitrogen and oxygen atoms in total. The van der Waals surface area contributed by atoms with Gasteiger partial charge in [-0.05, 0) is 19.9 Å². The van der Waals surface area contributed by atoms with E-state index in [4.69, 9.17) is 4.74 Å². The number of nitrogens with zero attached hydrogens (tertiary/aromatic N) is 5. The zero-order chi connectivity index (χ0) is 24.7. The van der Waals surface area contributed by atoms with Gasteiger partial charge in [-0.3, -0.25) is 9.89 Å². The van der Waals surface area contributed by atoms with Crippen LogP contribution in [0.25, 0.3) is 10.9 Å². The van der Waals surface area contributed by atoms with E-state index in [1.165, 1.54) is 13.0 Å². The van der Waals surface area contributed by atoms with Crippen molar-refractivity contribution in [3.63, 3.8) is 0 Å². The average molecular weight is 482 g/mol. The lowest BCUT2D eigenvalue weighted by Gasteiger charge is -2.35. The molecule has 0 saturated carbocycles. The number of rotatable bonds is 5. The van der Waals surface area contributed by atoms with Gasteiger partial charge in [0.25, 0.3) is 0 Å². The van der Waals surface area contributed by atoms with Crippen LogP contribution in [-0.4, -0.2) is 62.1 Å². The molecule has 0 unspecified atom stereocenters. The molecule has 12 heteroatoms. The Labute approximate surface area is 199 Å². The van der Waals surface area contributed by atoms with E-state index in [-0.39, 0.29) is 28.6 Å². The minimum absolute atomic E-state index is 0.0144. The highest BCUT2D eigenvalue weighted by atomic mass is 19.1. The second kappa shape index (κ2) is 8.85. The summed E-state index contributed by atoms with van der Waals surface area (Å²) in [5.41, 5.74) is 1.55. The van der Waals surface area contributed by atoms with Crippen LogP contribution >= 0.6 is 0 Å². The number of H-pyrrole nitrogens is 2. The van der Waals surface area contributed by atoms with Crippen molar-refractivity contribution in [3.05, 3.63) is 47.3 Å². The van der Waals surface area contributed by atoms with E-state index < -0.39 is 11.6 Å². The standard InChI is InChI=1S/C23H24F2N8O2/c1-12-8-15-21(25)17(10-16(24)22(15)26-12)35-23-28-18(27-19-9-13(2)30-31-19)11-20(29-23)33-6-4-32(5-7-33)14(3)34/h8-11,26H,4-7H2,1-3H3,(H2,27,28,29,30,31). The maximum Gasteiger partial charge on any atom is 0.326 e. The van der Waals surface area contributed by atoms with E-state index in [9.17, 15) is 9.18 Å². The van der Waals surface area contributed by atoms with Crippen LogP contribution < -0.4 is 15.0 Å². The molecule has 0 aliphatic carbocycles. The maximum atomic E-state index is 15.1. The van der Waals surface area contributed by atoms with Crippen LogP contribution in [0.15, 0.2) is 24.3 Å². The second-order valence-electron chi connectivity index (χ2n) is 8.46. The first-order valence-corrected chi connectivity index (χ1v) is 11.1. The Bertz CT molecular complexity index is 1410. The Morgan fingerprint density at radius 3 is 2.49 bits per heavy atom. The van der Waals surface area contributed by atoms with Gasteiger partial charge in [0.2, 0.25) is 5.91 Å². The monoisotopic (exact) mass is 482 g/mol. The molecule has 1 saturated heterocycles. The molecule has 0 radical (unpaired) electrons. The highest BCUT2D eigenvalue weighted by Gasteiger charge is 2.22. The number of hydrogen-bond acceptors (Lipinski definition) is 7. The number of carbonyl (C=O) groups excluding carboxylic acids is 1. The lowest BCUT2D eigenvalue weighted by atomic mass is 10.2. The maximum absolute atomic E-state index is 15.1. The van der Waals surface area contributed by atoms with Gasteiger partial charge in [0, 0.05) is 68.1 Å². The van der Waals surface area contributed by atoms with Crippen LogP contribution in [-0.2, 0) is 4.79 Å². The van der Waals surface area contributed by atoms with Gasteiger partial charge >= 0.3 is 6.01 Å². The first-order valence-electron chi connectivity index (χ1n) is 11.1. The molecule has 35 heavy (non-hydrogen) atoms. The molecule has 0 atom stereocenters. The number of aromatic nitrogens is 5. The van der Waals surface area contributed by atoms with Crippen molar-refractivity contribution in [2.75, 3.05) is 36.4 Å². The minimum Gasteiger partial charge on any atom is -0.421 e. The normalized spacial score (nSPS) is 14.0. The fourth-order valence-corrected chi connectivity index (χ4v) is 4.05. The van der Waals surface area contributed by atoms with Gasteiger partial charge in [0.1, 0.15) is 11.6 Å². The Morgan fingerprint density at radius 1 is 1.03 bits per heavy atom. The quantitative estimate of drug-likeness (QED) is 0.397. The number of aryl methyl sites for hydroxylation is 2. The molecule has 1 fully saturated rings. The van der Waals surface area contributed by atoms with Gasteiger partial charge in [0.15, 0.2) is 23.2 Å². The molecule has 0 bridgehead atoms. The van der Waals surface area contributed by atoms with Crippen LogP contribution in [0.2, 0.25) is 0 Å². The molecule has 1 aliphatic rings. The number of aromatic amines is 2. The van der Waals surface area contributed by atoms with Crippen LogP contribution in [0.3, 0.4) is 0 Å². The third-order valence-corrected chi connectivity index (χ3v) is 5.81. The SMILES string of the molecule is CC(=O)N1CCN(c2cc(Nc3cc(C)[nH]n3)nc(Oc3cc(F)c4[nH]c(C)cc4c3F)n2)CC1. The summed E-state index contributed by atoms with van der Waals surface area (Å²) in [6, 6.07) is 5.84. The third kappa shape index (κ3) is 4.59. The summed E-state index contributed by atoms with van der Waals surface area (Å²) in [7, 11) is 0. The summed E-state index contributed by atoms with van der Waals surface area (Å²) in [6.07, 6.45) is 0. The number of halogens is 2.